The minimum Gasteiger partial charge on any atom is -0.348 e. The highest BCUT2D eigenvalue weighted by molar-refractivity contribution is 5.95. The zero-order chi connectivity index (χ0) is 16.1. The molecule has 0 radical (unpaired) electrons. The van der Waals surface area contributed by atoms with Gasteiger partial charge in [-0.05, 0) is 50.7 Å². The highest BCUT2D eigenvalue weighted by atomic mass is 16.1. The molecule has 0 atom stereocenters. The summed E-state index contributed by atoms with van der Waals surface area (Å²) in [5, 5.41) is 2.99. The summed E-state index contributed by atoms with van der Waals surface area (Å²) >= 11 is 0. The van der Waals surface area contributed by atoms with Crippen LogP contribution >= 0.6 is 0 Å². The molecule has 0 heterocycles. The van der Waals surface area contributed by atoms with Gasteiger partial charge in [0.25, 0.3) is 5.91 Å². The lowest BCUT2D eigenvalue weighted by molar-refractivity contribution is 0.0950. The van der Waals surface area contributed by atoms with Crippen molar-refractivity contribution in [2.24, 2.45) is 0 Å². The fourth-order valence-corrected chi connectivity index (χ4v) is 2.39. The Morgan fingerprint density at radius 3 is 2.27 bits per heavy atom. The number of hydrogen-bond acceptors (Lipinski definition) is 2. The van der Waals surface area contributed by atoms with Gasteiger partial charge in [0.15, 0.2) is 0 Å². The molecule has 0 aliphatic rings. The van der Waals surface area contributed by atoms with Crippen molar-refractivity contribution in [1.82, 2.24) is 10.2 Å². The molecule has 2 aromatic rings. The number of nitrogens with zero attached hydrogens (tertiary/aromatic N) is 1. The second-order valence-corrected chi connectivity index (χ2v) is 6.06. The first-order chi connectivity index (χ1) is 10.5. The van der Waals surface area contributed by atoms with Crippen LogP contribution in [0.15, 0.2) is 42.5 Å². The summed E-state index contributed by atoms with van der Waals surface area (Å²) in [6.45, 7) is 5.44. The minimum atomic E-state index is -0.0152. The van der Waals surface area contributed by atoms with Crippen molar-refractivity contribution >= 4 is 5.91 Å². The summed E-state index contributed by atoms with van der Waals surface area (Å²) in [4.78, 5) is 14.4. The lowest BCUT2D eigenvalue weighted by atomic mass is 10.0. The predicted octanol–water partition coefficient (Wildman–Crippen LogP) is 3.30. The van der Waals surface area contributed by atoms with Gasteiger partial charge in [0.1, 0.15) is 0 Å². The zero-order valence-electron chi connectivity index (χ0n) is 13.8. The van der Waals surface area contributed by atoms with Crippen LogP contribution in [0, 0.1) is 13.8 Å². The molecule has 0 saturated heterocycles. The van der Waals surface area contributed by atoms with Gasteiger partial charge in [-0.3, -0.25) is 4.79 Å². The van der Waals surface area contributed by atoms with Crippen LogP contribution in [0.25, 0.3) is 0 Å². The highest BCUT2D eigenvalue weighted by Gasteiger charge is 2.08. The molecule has 0 aliphatic heterocycles. The molecule has 116 valence electrons. The third-order valence-corrected chi connectivity index (χ3v) is 3.61. The van der Waals surface area contributed by atoms with Crippen LogP contribution in [-0.4, -0.2) is 24.9 Å². The Kier molecular flexibility index (Phi) is 5.34. The molecule has 3 nitrogen and oxygen atoms in total. The Labute approximate surface area is 133 Å². The van der Waals surface area contributed by atoms with Gasteiger partial charge in [-0.1, -0.05) is 42.0 Å². The van der Waals surface area contributed by atoms with E-state index >= 15 is 0 Å². The molecule has 2 aromatic carbocycles. The summed E-state index contributed by atoms with van der Waals surface area (Å²) in [6.07, 6.45) is 0. The van der Waals surface area contributed by atoms with Gasteiger partial charge in [-0.15, -0.1) is 0 Å². The van der Waals surface area contributed by atoms with Crippen LogP contribution in [0.4, 0.5) is 0 Å². The van der Waals surface area contributed by atoms with Gasteiger partial charge in [0.2, 0.25) is 0 Å². The van der Waals surface area contributed by atoms with Crippen LogP contribution in [0.2, 0.25) is 0 Å². The molecule has 22 heavy (non-hydrogen) atoms. The van der Waals surface area contributed by atoms with E-state index in [1.54, 1.807) is 0 Å². The molecule has 0 unspecified atom stereocenters. The molecule has 0 saturated carbocycles. The number of rotatable bonds is 5. The predicted molar refractivity (Wildman–Crippen MR) is 90.9 cm³/mol. The van der Waals surface area contributed by atoms with Crippen LogP contribution in [0.5, 0.6) is 0 Å². The SMILES string of the molecule is Cc1ccc(C)c(C(=O)NCc2ccc(CN(C)C)cc2)c1. The Morgan fingerprint density at radius 1 is 1.00 bits per heavy atom. The number of hydrogen-bond donors (Lipinski definition) is 1. The Morgan fingerprint density at radius 2 is 1.64 bits per heavy atom. The largest absolute Gasteiger partial charge is 0.348 e. The van der Waals surface area contributed by atoms with Crippen molar-refractivity contribution in [2.75, 3.05) is 14.1 Å². The first-order valence-electron chi connectivity index (χ1n) is 7.53. The molecular formula is C19H24N2O. The van der Waals surface area contributed by atoms with E-state index < -0.39 is 0 Å². The molecule has 0 aromatic heterocycles. The number of amides is 1. The normalized spacial score (nSPS) is 10.8. The summed E-state index contributed by atoms with van der Waals surface area (Å²) < 4.78 is 0. The second-order valence-electron chi connectivity index (χ2n) is 6.06. The molecule has 0 spiro atoms. The average molecular weight is 296 g/mol. The Hall–Kier alpha value is -2.13. The third kappa shape index (κ3) is 4.43. The molecule has 0 bridgehead atoms. The van der Waals surface area contributed by atoms with Crippen LogP contribution in [0.1, 0.15) is 32.6 Å². The molecule has 0 fully saturated rings. The summed E-state index contributed by atoms with van der Waals surface area (Å²) in [7, 11) is 4.11. The summed E-state index contributed by atoms with van der Waals surface area (Å²) in [5.41, 5.74) is 5.24. The first-order valence-corrected chi connectivity index (χ1v) is 7.53. The lowest BCUT2D eigenvalue weighted by Gasteiger charge is -2.11. The lowest BCUT2D eigenvalue weighted by Crippen LogP contribution is -2.23. The van der Waals surface area contributed by atoms with Crippen molar-refractivity contribution < 1.29 is 4.79 Å². The highest BCUT2D eigenvalue weighted by Crippen LogP contribution is 2.11. The van der Waals surface area contributed by atoms with E-state index in [4.69, 9.17) is 0 Å². The van der Waals surface area contributed by atoms with E-state index in [0.717, 1.165) is 28.8 Å². The van der Waals surface area contributed by atoms with Crippen LogP contribution in [-0.2, 0) is 13.1 Å². The molecule has 0 aliphatic carbocycles. The average Bonchev–Trinajstić information content (AvgIpc) is 2.48. The van der Waals surface area contributed by atoms with E-state index in [2.05, 4.69) is 48.6 Å². The molecule has 2 rings (SSSR count). The summed E-state index contributed by atoms with van der Waals surface area (Å²) in [5.74, 6) is -0.0152. The monoisotopic (exact) mass is 296 g/mol. The topological polar surface area (TPSA) is 32.3 Å². The number of nitrogens with one attached hydrogen (secondary N) is 1. The quantitative estimate of drug-likeness (QED) is 0.918. The van der Waals surface area contributed by atoms with Crippen LogP contribution in [0.3, 0.4) is 0 Å². The maximum atomic E-state index is 12.3. The van der Waals surface area contributed by atoms with E-state index in [0.29, 0.717) is 6.54 Å². The number of benzene rings is 2. The molecule has 1 N–H and O–H groups in total. The maximum Gasteiger partial charge on any atom is 0.251 e. The van der Waals surface area contributed by atoms with E-state index in [1.165, 1.54) is 5.56 Å². The fourth-order valence-electron chi connectivity index (χ4n) is 2.39. The number of carbonyl (C=O) groups excluding carboxylic acids is 1. The van der Waals surface area contributed by atoms with Gasteiger partial charge >= 0.3 is 0 Å². The van der Waals surface area contributed by atoms with Crippen LogP contribution < -0.4 is 5.32 Å². The fraction of sp³-hybridized carbons (Fsp3) is 0.316. The van der Waals surface area contributed by atoms with E-state index in [9.17, 15) is 4.79 Å². The number of aryl methyl sites for hydroxylation is 2. The summed E-state index contributed by atoms with van der Waals surface area (Å²) in [6, 6.07) is 14.3. The van der Waals surface area contributed by atoms with Crippen molar-refractivity contribution in [3.05, 3.63) is 70.3 Å². The Bertz CT molecular complexity index is 645. The molecule has 1 amide bonds. The standard InChI is InChI=1S/C19H24N2O/c1-14-5-6-15(2)18(11-14)19(22)20-12-16-7-9-17(10-8-16)13-21(3)4/h5-11H,12-13H2,1-4H3,(H,20,22). The van der Waals surface area contributed by atoms with Gasteiger partial charge in [-0.2, -0.15) is 0 Å². The Balaban J connectivity index is 1.97. The maximum absolute atomic E-state index is 12.3. The molecule has 3 heteroatoms. The van der Waals surface area contributed by atoms with Crippen molar-refractivity contribution in [1.29, 1.82) is 0 Å². The van der Waals surface area contributed by atoms with E-state index in [-0.39, 0.29) is 5.91 Å². The third-order valence-electron chi connectivity index (χ3n) is 3.61. The van der Waals surface area contributed by atoms with Gasteiger partial charge in [0, 0.05) is 18.7 Å². The van der Waals surface area contributed by atoms with E-state index in [1.807, 2.05) is 32.0 Å². The van der Waals surface area contributed by atoms with Gasteiger partial charge in [0.05, 0.1) is 0 Å². The van der Waals surface area contributed by atoms with Gasteiger partial charge < -0.3 is 10.2 Å². The molecular weight excluding hydrogens is 272 g/mol. The van der Waals surface area contributed by atoms with Crippen molar-refractivity contribution in [3.8, 4) is 0 Å². The first kappa shape index (κ1) is 16.2. The van der Waals surface area contributed by atoms with Crippen molar-refractivity contribution in [3.63, 3.8) is 0 Å². The second kappa shape index (κ2) is 7.23. The number of carbonyl (C=O) groups is 1. The van der Waals surface area contributed by atoms with Crippen molar-refractivity contribution in [2.45, 2.75) is 26.9 Å². The minimum absolute atomic E-state index is 0.0152. The van der Waals surface area contributed by atoms with Gasteiger partial charge in [-0.25, -0.2) is 0 Å². The zero-order valence-corrected chi connectivity index (χ0v) is 13.8. The smallest absolute Gasteiger partial charge is 0.251 e.